The number of phenolic OH excluding ortho intramolecular Hbond substituents is 1. The highest BCUT2D eigenvalue weighted by atomic mass is 32.2. The lowest BCUT2D eigenvalue weighted by Gasteiger charge is -2.41. The highest BCUT2D eigenvalue weighted by molar-refractivity contribution is 8.18. The minimum Gasteiger partial charge on any atom is -0.507 e. The topological polar surface area (TPSA) is 124 Å². The first-order chi connectivity index (χ1) is 24.6. The number of aromatic hydroxyl groups is 1. The second-order valence-corrected chi connectivity index (χ2v) is 24.9. The number of nitrogens with zero attached hydrogens (tertiary/aromatic N) is 1. The van der Waals surface area contributed by atoms with Gasteiger partial charge in [0.1, 0.15) is 20.6 Å². The number of carbonyl (C=O) groups is 1. The predicted molar refractivity (Wildman–Crippen MR) is 225 cm³/mol. The number of piperidine rings is 1. The highest BCUT2D eigenvalue weighted by Crippen LogP contribution is 2.56. The summed E-state index contributed by atoms with van der Waals surface area (Å²) >= 11 is 4.31. The zero-order valence-corrected chi connectivity index (χ0v) is 37.7. The second kappa shape index (κ2) is 16.0. The minimum atomic E-state index is -3.93. The maximum absolute atomic E-state index is 14.0. The van der Waals surface area contributed by atoms with Crippen molar-refractivity contribution in [2.45, 2.75) is 149 Å². The highest BCUT2D eigenvalue weighted by Gasteiger charge is 2.43. The molecule has 8 nitrogen and oxygen atoms in total. The fraction of sp³-hybridized carbons (Fsp3) is 0.595. The SMILES string of the molecule is Cc1cc(C(=O)O)sc1S(=O)(=O)N1CCC(Sc2cc(C(C)(C)C)c(O)c(C(C)(C)C)c2)(Sc2cc(C(C)(C)C)c(OCCCO)c(C(C)(C)C)c2)CC1. The fourth-order valence-corrected chi connectivity index (χ4v) is 12.8. The van der Waals surface area contributed by atoms with Gasteiger partial charge in [-0.1, -0.05) is 83.1 Å². The number of thiophene rings is 1. The van der Waals surface area contributed by atoms with Gasteiger partial charge in [0.25, 0.3) is 10.0 Å². The number of thioether (sulfide) groups is 2. The summed E-state index contributed by atoms with van der Waals surface area (Å²) in [6.07, 6.45) is 1.59. The van der Waals surface area contributed by atoms with Gasteiger partial charge in [0.2, 0.25) is 0 Å². The van der Waals surface area contributed by atoms with Gasteiger partial charge >= 0.3 is 5.97 Å². The maximum Gasteiger partial charge on any atom is 0.345 e. The molecule has 1 fully saturated rings. The van der Waals surface area contributed by atoms with Crippen LogP contribution in [0.15, 0.2) is 44.3 Å². The first-order valence-corrected chi connectivity index (χ1v) is 22.5. The molecule has 0 aliphatic carbocycles. The molecule has 1 aliphatic heterocycles. The Bertz CT molecular complexity index is 1880. The van der Waals surface area contributed by atoms with Crippen LogP contribution in [-0.2, 0) is 31.7 Å². The smallest absolute Gasteiger partial charge is 0.345 e. The Hall–Kier alpha value is -2.22. The number of benzene rings is 2. The van der Waals surface area contributed by atoms with Crippen molar-refractivity contribution in [1.82, 2.24) is 4.31 Å². The van der Waals surface area contributed by atoms with Crippen LogP contribution >= 0.6 is 34.9 Å². The summed E-state index contributed by atoms with van der Waals surface area (Å²) in [6.45, 7) is 28.3. The van der Waals surface area contributed by atoms with Gasteiger partial charge in [0, 0.05) is 58.2 Å². The van der Waals surface area contributed by atoms with E-state index in [0.717, 1.165) is 49.1 Å². The number of aliphatic hydroxyl groups is 1. The van der Waals surface area contributed by atoms with Crippen molar-refractivity contribution in [3.63, 3.8) is 0 Å². The first kappa shape index (κ1) is 44.5. The van der Waals surface area contributed by atoms with Gasteiger partial charge in [-0.05, 0) is 77.3 Å². The van der Waals surface area contributed by atoms with Crippen LogP contribution in [0.5, 0.6) is 11.5 Å². The van der Waals surface area contributed by atoms with Gasteiger partial charge in [0.05, 0.1) is 10.7 Å². The molecule has 0 saturated carbocycles. The molecular weight excluding hydrogens is 759 g/mol. The number of aryl methyl sites for hydroxylation is 1. The molecule has 0 radical (unpaired) electrons. The summed E-state index contributed by atoms with van der Waals surface area (Å²) in [5.74, 6) is 0.0308. The number of aromatic carboxylic acids is 1. The summed E-state index contributed by atoms with van der Waals surface area (Å²) in [4.78, 5) is 13.8. The monoisotopic (exact) mass is 819 g/mol. The number of hydrogen-bond acceptors (Lipinski definition) is 9. The van der Waals surface area contributed by atoms with E-state index in [9.17, 15) is 28.5 Å². The number of rotatable bonds is 11. The number of sulfonamides is 1. The molecular formula is C42H61NO7S4. The van der Waals surface area contributed by atoms with Crippen LogP contribution in [0.2, 0.25) is 0 Å². The molecule has 0 amide bonds. The molecule has 300 valence electrons. The van der Waals surface area contributed by atoms with Crippen molar-refractivity contribution < 1.29 is 33.3 Å². The van der Waals surface area contributed by atoms with E-state index >= 15 is 0 Å². The molecule has 4 rings (SSSR count). The molecule has 2 heterocycles. The number of hydrogen-bond donors (Lipinski definition) is 3. The van der Waals surface area contributed by atoms with Gasteiger partial charge in [-0.2, -0.15) is 4.31 Å². The van der Waals surface area contributed by atoms with Gasteiger partial charge in [0.15, 0.2) is 0 Å². The van der Waals surface area contributed by atoms with Crippen LogP contribution < -0.4 is 4.74 Å². The molecule has 0 spiro atoms. The molecule has 1 saturated heterocycles. The van der Waals surface area contributed by atoms with E-state index < -0.39 is 20.1 Å². The summed E-state index contributed by atoms with van der Waals surface area (Å²) in [5.41, 5.74) is 3.19. The summed E-state index contributed by atoms with van der Waals surface area (Å²) < 4.78 is 35.6. The Morgan fingerprint density at radius 3 is 1.59 bits per heavy atom. The Morgan fingerprint density at radius 1 is 0.796 bits per heavy atom. The number of carboxylic acid groups (broad SMARTS) is 1. The molecule has 2 aromatic carbocycles. The van der Waals surface area contributed by atoms with Crippen molar-refractivity contribution in [3.05, 3.63) is 63.0 Å². The van der Waals surface area contributed by atoms with Crippen LogP contribution in [0.3, 0.4) is 0 Å². The molecule has 3 aromatic rings. The second-order valence-electron chi connectivity index (χ2n) is 18.5. The third kappa shape index (κ3) is 10.0. The van der Waals surface area contributed by atoms with E-state index in [-0.39, 0.29) is 50.4 Å². The Balaban J connectivity index is 1.88. The van der Waals surface area contributed by atoms with Crippen LogP contribution in [0.1, 0.15) is 140 Å². The van der Waals surface area contributed by atoms with E-state index in [2.05, 4.69) is 107 Å². The third-order valence-electron chi connectivity index (χ3n) is 9.68. The van der Waals surface area contributed by atoms with E-state index in [1.807, 2.05) is 0 Å². The van der Waals surface area contributed by atoms with Crippen LogP contribution in [0.25, 0.3) is 0 Å². The molecule has 12 heteroatoms. The maximum atomic E-state index is 14.0. The van der Waals surface area contributed by atoms with Crippen LogP contribution in [-0.4, -0.2) is 64.4 Å². The third-order valence-corrected chi connectivity index (χ3v) is 16.4. The quantitative estimate of drug-likeness (QED) is 0.128. The molecule has 1 aliphatic rings. The molecule has 0 unspecified atom stereocenters. The number of ether oxygens (including phenoxy) is 1. The Kier molecular flexibility index (Phi) is 13.2. The average molecular weight is 820 g/mol. The molecule has 54 heavy (non-hydrogen) atoms. The van der Waals surface area contributed by atoms with Gasteiger partial charge in [-0.25, -0.2) is 13.2 Å². The predicted octanol–water partition coefficient (Wildman–Crippen LogP) is 10.5. The summed E-state index contributed by atoms with van der Waals surface area (Å²) in [7, 11) is -3.93. The average Bonchev–Trinajstić information content (AvgIpc) is 3.43. The van der Waals surface area contributed by atoms with Gasteiger partial charge < -0.3 is 20.1 Å². The summed E-state index contributed by atoms with van der Waals surface area (Å²) in [6, 6.07) is 10.1. The van der Waals surface area contributed by atoms with E-state index in [4.69, 9.17) is 4.74 Å². The summed E-state index contributed by atoms with van der Waals surface area (Å²) in [5, 5.41) is 30.6. The minimum absolute atomic E-state index is 0.00766. The van der Waals surface area contributed by atoms with Gasteiger partial charge in [-0.3, -0.25) is 0 Å². The fourth-order valence-electron chi connectivity index (χ4n) is 6.65. The zero-order valence-electron chi connectivity index (χ0n) is 34.4. The number of aliphatic hydroxyl groups excluding tert-OH is 1. The molecule has 0 atom stereocenters. The van der Waals surface area contributed by atoms with Gasteiger partial charge in [-0.15, -0.1) is 34.9 Å². The lowest BCUT2D eigenvalue weighted by atomic mass is 9.79. The number of phenols is 1. The van der Waals surface area contributed by atoms with E-state index in [1.165, 1.54) is 10.4 Å². The van der Waals surface area contributed by atoms with E-state index in [1.54, 1.807) is 30.4 Å². The van der Waals surface area contributed by atoms with E-state index in [0.29, 0.717) is 37.2 Å². The Morgan fingerprint density at radius 2 is 1.22 bits per heavy atom. The molecule has 3 N–H and O–H groups in total. The Labute approximate surface area is 336 Å². The van der Waals surface area contributed by atoms with Crippen molar-refractivity contribution >= 4 is 50.9 Å². The largest absolute Gasteiger partial charge is 0.507 e. The van der Waals surface area contributed by atoms with Crippen molar-refractivity contribution in [2.75, 3.05) is 26.3 Å². The van der Waals surface area contributed by atoms with Crippen molar-refractivity contribution in [3.8, 4) is 11.5 Å². The molecule has 0 bridgehead atoms. The van der Waals surface area contributed by atoms with Crippen LogP contribution in [0, 0.1) is 6.92 Å². The number of carboxylic acids is 1. The molecule has 1 aromatic heterocycles. The lowest BCUT2D eigenvalue weighted by Crippen LogP contribution is -2.43. The lowest BCUT2D eigenvalue weighted by molar-refractivity contribution is 0.0702. The first-order valence-electron chi connectivity index (χ1n) is 18.6. The van der Waals surface area contributed by atoms with Crippen LogP contribution in [0.4, 0.5) is 0 Å². The zero-order chi connectivity index (χ0) is 40.8. The normalized spacial score (nSPS) is 16.1. The van der Waals surface area contributed by atoms with Crippen molar-refractivity contribution in [2.24, 2.45) is 0 Å². The van der Waals surface area contributed by atoms with Crippen molar-refractivity contribution in [1.29, 1.82) is 0 Å². The standard InChI is InChI=1S/C42H61NO7S4/c1-26-21-33(36(46)47)51-37(26)54(48,49)43-17-15-42(16-18-43,52-27-22-29(38(2,3)4)34(45)30(23-27)39(5,6)7)53-28-24-31(40(8,9)10)35(50-20-14-19-44)32(25-28)41(11,12)13/h21-25,44-45H,14-20H2,1-13H3,(H,46,47).